The van der Waals surface area contributed by atoms with Crippen LogP contribution in [0.1, 0.15) is 22.8 Å². The van der Waals surface area contributed by atoms with Crippen LogP contribution < -0.4 is 4.74 Å². The SMILES string of the molecule is CCOC(=O)c1ccc(C#N)c(-c2ccccc2OC)c1. The van der Waals surface area contributed by atoms with E-state index in [1.165, 1.54) is 0 Å². The lowest BCUT2D eigenvalue weighted by Crippen LogP contribution is -2.05. The van der Waals surface area contributed by atoms with E-state index in [1.54, 1.807) is 32.2 Å². The Hall–Kier alpha value is -2.80. The fourth-order valence-electron chi connectivity index (χ4n) is 2.07. The topological polar surface area (TPSA) is 59.3 Å². The molecule has 2 rings (SSSR count). The van der Waals surface area contributed by atoms with E-state index in [-0.39, 0.29) is 0 Å². The summed E-state index contributed by atoms with van der Waals surface area (Å²) in [7, 11) is 1.57. The van der Waals surface area contributed by atoms with Gasteiger partial charge in [-0.2, -0.15) is 5.26 Å². The Morgan fingerprint density at radius 1 is 1.19 bits per heavy atom. The van der Waals surface area contributed by atoms with E-state index in [1.807, 2.05) is 24.3 Å². The molecule has 4 heteroatoms. The Morgan fingerprint density at radius 3 is 2.62 bits per heavy atom. The number of nitrogens with zero attached hydrogens (tertiary/aromatic N) is 1. The lowest BCUT2D eigenvalue weighted by molar-refractivity contribution is 0.0526. The fraction of sp³-hybridized carbons (Fsp3) is 0.176. The fourth-order valence-corrected chi connectivity index (χ4v) is 2.07. The number of methoxy groups -OCH3 is 1. The van der Waals surface area contributed by atoms with Crippen molar-refractivity contribution in [2.24, 2.45) is 0 Å². The number of hydrogen-bond acceptors (Lipinski definition) is 4. The Kier molecular flexibility index (Phi) is 4.57. The molecule has 0 aliphatic heterocycles. The van der Waals surface area contributed by atoms with Crippen molar-refractivity contribution in [2.45, 2.75) is 6.92 Å². The van der Waals surface area contributed by atoms with Crippen LogP contribution in [0.2, 0.25) is 0 Å². The first-order valence-corrected chi connectivity index (χ1v) is 6.56. The van der Waals surface area contributed by atoms with E-state index >= 15 is 0 Å². The van der Waals surface area contributed by atoms with Gasteiger partial charge in [0, 0.05) is 11.1 Å². The highest BCUT2D eigenvalue weighted by molar-refractivity contribution is 5.92. The summed E-state index contributed by atoms with van der Waals surface area (Å²) in [5, 5.41) is 9.27. The van der Waals surface area contributed by atoms with E-state index in [4.69, 9.17) is 9.47 Å². The third-order valence-corrected chi connectivity index (χ3v) is 3.05. The maximum atomic E-state index is 11.8. The lowest BCUT2D eigenvalue weighted by atomic mass is 9.97. The van der Waals surface area contributed by atoms with E-state index in [0.717, 1.165) is 5.56 Å². The number of carbonyl (C=O) groups is 1. The third-order valence-electron chi connectivity index (χ3n) is 3.05. The van der Waals surface area contributed by atoms with Crippen molar-refractivity contribution in [1.29, 1.82) is 5.26 Å². The van der Waals surface area contributed by atoms with Crippen LogP contribution in [0, 0.1) is 11.3 Å². The number of benzene rings is 2. The molecule has 0 amide bonds. The molecule has 0 N–H and O–H groups in total. The minimum Gasteiger partial charge on any atom is -0.496 e. The summed E-state index contributed by atoms with van der Waals surface area (Å²) in [6.07, 6.45) is 0. The molecular weight excluding hydrogens is 266 g/mol. The molecule has 0 aliphatic rings. The monoisotopic (exact) mass is 281 g/mol. The standard InChI is InChI=1S/C17H15NO3/c1-3-21-17(19)12-8-9-13(11-18)15(10-12)14-6-4-5-7-16(14)20-2/h4-10H,3H2,1-2H3. The van der Waals surface area contributed by atoms with Gasteiger partial charge in [-0.3, -0.25) is 0 Å². The zero-order valence-electron chi connectivity index (χ0n) is 11.9. The second-order valence-electron chi connectivity index (χ2n) is 4.29. The van der Waals surface area contributed by atoms with Gasteiger partial charge in [-0.15, -0.1) is 0 Å². The van der Waals surface area contributed by atoms with Gasteiger partial charge in [0.15, 0.2) is 0 Å². The molecule has 2 aromatic carbocycles. The molecule has 0 bridgehead atoms. The number of para-hydroxylation sites is 1. The average Bonchev–Trinajstić information content (AvgIpc) is 2.54. The Labute approximate surface area is 123 Å². The van der Waals surface area contributed by atoms with Crippen LogP contribution in [0.5, 0.6) is 5.75 Å². The van der Waals surface area contributed by atoms with Gasteiger partial charge >= 0.3 is 5.97 Å². The van der Waals surface area contributed by atoms with E-state index in [9.17, 15) is 10.1 Å². The van der Waals surface area contributed by atoms with Gasteiger partial charge in [0.2, 0.25) is 0 Å². The molecule has 0 unspecified atom stereocenters. The van der Waals surface area contributed by atoms with Crippen LogP contribution in [0.3, 0.4) is 0 Å². The first kappa shape index (κ1) is 14.6. The van der Waals surface area contributed by atoms with Gasteiger partial charge in [0.1, 0.15) is 5.75 Å². The van der Waals surface area contributed by atoms with Crippen molar-refractivity contribution in [3.05, 3.63) is 53.6 Å². The van der Waals surface area contributed by atoms with Crippen molar-refractivity contribution in [3.63, 3.8) is 0 Å². The Balaban J connectivity index is 2.58. The van der Waals surface area contributed by atoms with Gasteiger partial charge in [0.25, 0.3) is 0 Å². The molecule has 0 heterocycles. The first-order valence-electron chi connectivity index (χ1n) is 6.56. The molecule has 0 atom stereocenters. The molecule has 106 valence electrons. The molecule has 2 aromatic rings. The molecular formula is C17H15NO3. The van der Waals surface area contributed by atoms with Crippen LogP contribution in [-0.2, 0) is 4.74 Å². The highest BCUT2D eigenvalue weighted by atomic mass is 16.5. The molecule has 21 heavy (non-hydrogen) atoms. The summed E-state index contributed by atoms with van der Waals surface area (Å²) >= 11 is 0. The van der Waals surface area contributed by atoms with Crippen LogP contribution >= 0.6 is 0 Å². The number of esters is 1. The number of rotatable bonds is 4. The molecule has 4 nitrogen and oxygen atoms in total. The number of ether oxygens (including phenoxy) is 2. The zero-order chi connectivity index (χ0) is 15.2. The average molecular weight is 281 g/mol. The van der Waals surface area contributed by atoms with Crippen molar-refractivity contribution >= 4 is 5.97 Å². The van der Waals surface area contributed by atoms with Crippen molar-refractivity contribution in [1.82, 2.24) is 0 Å². The predicted octanol–water partition coefficient (Wildman–Crippen LogP) is 3.41. The van der Waals surface area contributed by atoms with Gasteiger partial charge < -0.3 is 9.47 Å². The predicted molar refractivity (Wildman–Crippen MR) is 79.1 cm³/mol. The van der Waals surface area contributed by atoms with Gasteiger partial charge in [-0.25, -0.2) is 4.79 Å². The molecule has 0 aromatic heterocycles. The Morgan fingerprint density at radius 2 is 1.95 bits per heavy atom. The molecule has 0 saturated carbocycles. The van der Waals surface area contributed by atoms with Crippen LogP contribution in [0.4, 0.5) is 0 Å². The summed E-state index contributed by atoms with van der Waals surface area (Å²) in [5.74, 6) is 0.244. The summed E-state index contributed by atoms with van der Waals surface area (Å²) in [4.78, 5) is 11.8. The first-order chi connectivity index (χ1) is 10.2. The van der Waals surface area contributed by atoms with E-state index in [2.05, 4.69) is 6.07 Å². The van der Waals surface area contributed by atoms with Crippen molar-refractivity contribution < 1.29 is 14.3 Å². The highest BCUT2D eigenvalue weighted by Crippen LogP contribution is 2.32. The highest BCUT2D eigenvalue weighted by Gasteiger charge is 2.14. The smallest absolute Gasteiger partial charge is 0.338 e. The maximum absolute atomic E-state index is 11.8. The minimum absolute atomic E-state index is 0.308. The van der Waals surface area contributed by atoms with E-state index in [0.29, 0.717) is 29.0 Å². The summed E-state index contributed by atoms with van der Waals surface area (Å²) in [6, 6.07) is 14.4. The van der Waals surface area contributed by atoms with Gasteiger partial charge in [0.05, 0.1) is 30.9 Å². The third kappa shape index (κ3) is 3.03. The van der Waals surface area contributed by atoms with Crippen LogP contribution in [0.25, 0.3) is 11.1 Å². The summed E-state index contributed by atoms with van der Waals surface area (Å²) in [6.45, 7) is 2.06. The van der Waals surface area contributed by atoms with Gasteiger partial charge in [-0.1, -0.05) is 18.2 Å². The minimum atomic E-state index is -0.405. The van der Waals surface area contributed by atoms with Crippen LogP contribution in [0.15, 0.2) is 42.5 Å². The molecule has 0 saturated heterocycles. The molecule has 0 spiro atoms. The number of nitriles is 1. The van der Waals surface area contributed by atoms with Crippen molar-refractivity contribution in [2.75, 3.05) is 13.7 Å². The summed E-state index contributed by atoms with van der Waals surface area (Å²) in [5.41, 5.74) is 2.31. The summed E-state index contributed by atoms with van der Waals surface area (Å²) < 4.78 is 10.3. The second kappa shape index (κ2) is 6.58. The van der Waals surface area contributed by atoms with E-state index < -0.39 is 5.97 Å². The number of hydrogen-bond donors (Lipinski definition) is 0. The molecule has 0 fully saturated rings. The molecule has 0 aliphatic carbocycles. The molecule has 0 radical (unpaired) electrons. The Bertz CT molecular complexity index is 701. The zero-order valence-corrected chi connectivity index (χ0v) is 11.9. The quantitative estimate of drug-likeness (QED) is 0.806. The normalized spacial score (nSPS) is 9.76. The lowest BCUT2D eigenvalue weighted by Gasteiger charge is -2.11. The van der Waals surface area contributed by atoms with Crippen molar-refractivity contribution in [3.8, 4) is 22.9 Å². The van der Waals surface area contributed by atoms with Crippen LogP contribution in [-0.4, -0.2) is 19.7 Å². The largest absolute Gasteiger partial charge is 0.496 e. The van der Waals surface area contributed by atoms with Gasteiger partial charge in [-0.05, 0) is 31.2 Å². The number of carbonyl (C=O) groups excluding carboxylic acids is 1. The maximum Gasteiger partial charge on any atom is 0.338 e. The second-order valence-corrected chi connectivity index (χ2v) is 4.29.